The zero-order valence-electron chi connectivity index (χ0n) is 13.9. The van der Waals surface area contributed by atoms with E-state index in [1.165, 1.54) is 11.3 Å². The first-order chi connectivity index (χ1) is 12.6. The van der Waals surface area contributed by atoms with Crippen LogP contribution in [0.4, 0.5) is 5.69 Å². The van der Waals surface area contributed by atoms with Crippen molar-refractivity contribution in [2.24, 2.45) is 0 Å². The molecule has 0 spiro atoms. The molecule has 0 aliphatic rings. The van der Waals surface area contributed by atoms with Crippen LogP contribution in [0.2, 0.25) is 5.02 Å². The van der Waals surface area contributed by atoms with Crippen LogP contribution in [0.15, 0.2) is 63.8 Å². The molecule has 26 heavy (non-hydrogen) atoms. The van der Waals surface area contributed by atoms with Gasteiger partial charge in [-0.1, -0.05) is 29.8 Å². The van der Waals surface area contributed by atoms with E-state index < -0.39 is 5.63 Å². The molecule has 0 saturated carbocycles. The molecule has 0 N–H and O–H groups in total. The highest BCUT2D eigenvalue weighted by Crippen LogP contribution is 2.32. The Kier molecular flexibility index (Phi) is 4.26. The van der Waals surface area contributed by atoms with E-state index >= 15 is 0 Å². The second-order valence-corrected chi connectivity index (χ2v) is 7.26. The number of para-hydroxylation sites is 1. The predicted molar refractivity (Wildman–Crippen MR) is 107 cm³/mol. The predicted octanol–water partition coefficient (Wildman–Crippen LogP) is 5.33. The first-order valence-corrected chi connectivity index (χ1v) is 9.30. The Morgan fingerprint density at radius 3 is 2.69 bits per heavy atom. The lowest BCUT2D eigenvalue weighted by atomic mass is 10.2. The lowest BCUT2D eigenvalue weighted by Crippen LogP contribution is -2.29. The highest BCUT2D eigenvalue weighted by atomic mass is 35.5. The molecule has 2 aromatic heterocycles. The van der Waals surface area contributed by atoms with E-state index in [0.717, 1.165) is 15.8 Å². The van der Waals surface area contributed by atoms with Gasteiger partial charge in [0.1, 0.15) is 5.58 Å². The van der Waals surface area contributed by atoms with Crippen LogP contribution in [0.25, 0.3) is 21.1 Å². The summed E-state index contributed by atoms with van der Waals surface area (Å²) in [4.78, 5) is 27.5. The molecule has 2 heterocycles. The minimum absolute atomic E-state index is 0.167. The fraction of sp³-hybridized carbons (Fsp3) is 0.100. The van der Waals surface area contributed by atoms with Crippen LogP contribution in [-0.4, -0.2) is 12.5 Å². The van der Waals surface area contributed by atoms with Crippen molar-refractivity contribution in [2.45, 2.75) is 6.92 Å². The number of fused-ring (bicyclic) bond motifs is 3. The average Bonchev–Trinajstić information content (AvgIpc) is 3.09. The fourth-order valence-electron chi connectivity index (χ4n) is 2.97. The van der Waals surface area contributed by atoms with Gasteiger partial charge in [-0.3, -0.25) is 4.79 Å². The number of benzene rings is 2. The number of hydrogen-bond acceptors (Lipinski definition) is 4. The van der Waals surface area contributed by atoms with Gasteiger partial charge in [-0.25, -0.2) is 4.79 Å². The van der Waals surface area contributed by atoms with Gasteiger partial charge in [0.15, 0.2) is 0 Å². The van der Waals surface area contributed by atoms with Gasteiger partial charge in [-0.2, -0.15) is 0 Å². The Bertz CT molecular complexity index is 1190. The molecule has 130 valence electrons. The maximum absolute atomic E-state index is 13.1. The molecule has 0 aliphatic heterocycles. The van der Waals surface area contributed by atoms with Gasteiger partial charge in [0, 0.05) is 22.6 Å². The van der Waals surface area contributed by atoms with Crippen molar-refractivity contribution in [3.05, 3.63) is 74.9 Å². The SMILES string of the molecule is CCN(C(=O)c1cc2c(=O)oc3ccccc3c2s1)c1cccc(Cl)c1. The second kappa shape index (κ2) is 6.59. The molecular formula is C20H14ClNO3S. The van der Waals surface area contributed by atoms with E-state index in [4.69, 9.17) is 16.0 Å². The molecule has 0 aliphatic carbocycles. The van der Waals surface area contributed by atoms with Gasteiger partial charge in [0.05, 0.1) is 15.0 Å². The molecule has 0 fully saturated rings. The second-order valence-electron chi connectivity index (χ2n) is 5.77. The number of rotatable bonds is 3. The van der Waals surface area contributed by atoms with Crippen LogP contribution >= 0.6 is 22.9 Å². The van der Waals surface area contributed by atoms with E-state index in [1.54, 1.807) is 35.2 Å². The zero-order valence-corrected chi connectivity index (χ0v) is 15.4. The van der Waals surface area contributed by atoms with Crippen LogP contribution in [0.1, 0.15) is 16.6 Å². The summed E-state index contributed by atoms with van der Waals surface area (Å²) in [5.74, 6) is -0.167. The quantitative estimate of drug-likeness (QED) is 0.449. The van der Waals surface area contributed by atoms with Crippen LogP contribution < -0.4 is 10.5 Å². The molecule has 0 saturated heterocycles. The fourth-order valence-corrected chi connectivity index (χ4v) is 4.28. The van der Waals surface area contributed by atoms with Gasteiger partial charge in [0.2, 0.25) is 0 Å². The number of halogens is 1. The Balaban J connectivity index is 1.85. The maximum atomic E-state index is 13.1. The van der Waals surface area contributed by atoms with Gasteiger partial charge >= 0.3 is 5.63 Å². The minimum Gasteiger partial charge on any atom is -0.422 e. The lowest BCUT2D eigenvalue weighted by Gasteiger charge is -2.20. The molecule has 6 heteroatoms. The third-order valence-corrected chi connectivity index (χ3v) is 5.57. The number of carbonyl (C=O) groups excluding carboxylic acids is 1. The molecule has 0 bridgehead atoms. The van der Waals surface area contributed by atoms with Crippen molar-refractivity contribution < 1.29 is 9.21 Å². The van der Waals surface area contributed by atoms with Gasteiger partial charge < -0.3 is 9.32 Å². The highest BCUT2D eigenvalue weighted by molar-refractivity contribution is 7.21. The van der Waals surface area contributed by atoms with E-state index in [-0.39, 0.29) is 5.91 Å². The summed E-state index contributed by atoms with van der Waals surface area (Å²) < 4.78 is 6.13. The summed E-state index contributed by atoms with van der Waals surface area (Å²) in [6.45, 7) is 2.39. The molecule has 0 atom stereocenters. The van der Waals surface area contributed by atoms with Crippen LogP contribution in [-0.2, 0) is 0 Å². The molecule has 1 amide bonds. The summed E-state index contributed by atoms with van der Waals surface area (Å²) in [5.41, 5.74) is 0.812. The third-order valence-electron chi connectivity index (χ3n) is 4.18. The van der Waals surface area contributed by atoms with Crippen molar-refractivity contribution >= 4 is 55.6 Å². The first-order valence-electron chi connectivity index (χ1n) is 8.11. The van der Waals surface area contributed by atoms with Crippen LogP contribution in [0.3, 0.4) is 0 Å². The Morgan fingerprint density at radius 2 is 1.92 bits per heavy atom. The summed E-state index contributed by atoms with van der Waals surface area (Å²) in [6, 6.07) is 16.1. The normalized spacial score (nSPS) is 11.2. The van der Waals surface area contributed by atoms with E-state index in [2.05, 4.69) is 0 Å². The molecular weight excluding hydrogens is 370 g/mol. The molecule has 4 nitrogen and oxygen atoms in total. The standard InChI is InChI=1S/C20H14ClNO3S/c1-2-22(13-7-5-6-12(21)10-13)19(23)17-11-15-18(26-17)14-8-3-4-9-16(14)25-20(15)24/h3-11H,2H2,1H3. The van der Waals surface area contributed by atoms with E-state index in [0.29, 0.717) is 27.4 Å². The maximum Gasteiger partial charge on any atom is 0.345 e. The number of anilines is 1. The monoisotopic (exact) mass is 383 g/mol. The largest absolute Gasteiger partial charge is 0.422 e. The van der Waals surface area contributed by atoms with Crippen LogP contribution in [0.5, 0.6) is 0 Å². The van der Waals surface area contributed by atoms with Crippen LogP contribution in [0, 0.1) is 0 Å². The zero-order chi connectivity index (χ0) is 18.3. The smallest absolute Gasteiger partial charge is 0.345 e. The molecule has 0 unspecified atom stereocenters. The van der Waals surface area contributed by atoms with Gasteiger partial charge in [-0.05, 0) is 43.3 Å². The third kappa shape index (κ3) is 2.79. The average molecular weight is 384 g/mol. The topological polar surface area (TPSA) is 50.5 Å². The van der Waals surface area contributed by atoms with Crippen molar-refractivity contribution in [3.8, 4) is 0 Å². The number of thiophene rings is 1. The Labute approximate surface area is 158 Å². The minimum atomic E-state index is -0.431. The van der Waals surface area contributed by atoms with Crippen molar-refractivity contribution in [3.63, 3.8) is 0 Å². The summed E-state index contributed by atoms with van der Waals surface area (Å²) in [7, 11) is 0. The molecule has 2 aromatic carbocycles. The van der Waals surface area contributed by atoms with Gasteiger partial charge in [-0.15, -0.1) is 11.3 Å². The summed E-state index contributed by atoms with van der Waals surface area (Å²) in [5, 5.41) is 1.83. The van der Waals surface area contributed by atoms with Gasteiger partial charge in [0.25, 0.3) is 5.91 Å². The van der Waals surface area contributed by atoms with E-state index in [9.17, 15) is 9.59 Å². The number of hydrogen-bond donors (Lipinski definition) is 0. The molecule has 4 rings (SSSR count). The number of carbonyl (C=O) groups is 1. The number of nitrogens with zero attached hydrogens (tertiary/aromatic N) is 1. The Morgan fingerprint density at radius 1 is 1.12 bits per heavy atom. The summed E-state index contributed by atoms with van der Waals surface area (Å²) >= 11 is 7.37. The number of amides is 1. The van der Waals surface area contributed by atoms with Crippen molar-refractivity contribution in [1.82, 2.24) is 0 Å². The lowest BCUT2D eigenvalue weighted by molar-refractivity contribution is 0.0992. The Hall–Kier alpha value is -2.63. The highest BCUT2D eigenvalue weighted by Gasteiger charge is 2.21. The first kappa shape index (κ1) is 16.8. The van der Waals surface area contributed by atoms with Crippen molar-refractivity contribution in [1.29, 1.82) is 0 Å². The van der Waals surface area contributed by atoms with E-state index in [1.807, 2.05) is 31.2 Å². The summed E-state index contributed by atoms with van der Waals surface area (Å²) in [6.07, 6.45) is 0. The molecule has 4 aromatic rings. The molecule has 0 radical (unpaired) electrons. The van der Waals surface area contributed by atoms with Crippen molar-refractivity contribution in [2.75, 3.05) is 11.4 Å².